The van der Waals surface area contributed by atoms with Crippen LogP contribution in [0, 0.1) is 5.41 Å². The first-order valence-corrected chi connectivity index (χ1v) is 8.04. The van der Waals surface area contributed by atoms with Crippen LogP contribution in [0.15, 0.2) is 18.5 Å². The maximum atomic E-state index is 13.3. The van der Waals surface area contributed by atoms with E-state index in [2.05, 4.69) is 29.2 Å². The molecular weight excluding hydrogens is 300 g/mol. The maximum absolute atomic E-state index is 13.3. The van der Waals surface area contributed by atoms with Crippen LogP contribution >= 0.6 is 12.4 Å². The number of aromatic nitrogens is 2. The monoisotopic (exact) mass is 326 g/mol. The number of amides is 1. The van der Waals surface area contributed by atoms with E-state index in [9.17, 15) is 4.79 Å². The molecule has 0 aliphatic carbocycles. The molecular formula is C16H27ClN4O. The molecule has 3 heterocycles. The minimum Gasteiger partial charge on any atom is -0.340 e. The van der Waals surface area contributed by atoms with E-state index in [1.54, 1.807) is 6.20 Å². The van der Waals surface area contributed by atoms with Gasteiger partial charge in [-0.25, -0.2) is 0 Å². The van der Waals surface area contributed by atoms with Crippen LogP contribution in [-0.2, 0) is 10.3 Å². The fraction of sp³-hybridized carbons (Fsp3) is 0.750. The Hall–Kier alpha value is -1.07. The van der Waals surface area contributed by atoms with Gasteiger partial charge < -0.3 is 10.2 Å². The Morgan fingerprint density at radius 3 is 2.55 bits per heavy atom. The lowest BCUT2D eigenvalue weighted by Crippen LogP contribution is -2.58. The third-order valence-corrected chi connectivity index (χ3v) is 4.96. The van der Waals surface area contributed by atoms with E-state index in [-0.39, 0.29) is 23.7 Å². The van der Waals surface area contributed by atoms with Gasteiger partial charge in [-0.1, -0.05) is 13.8 Å². The third kappa shape index (κ3) is 3.15. The van der Waals surface area contributed by atoms with Gasteiger partial charge >= 0.3 is 0 Å². The molecule has 22 heavy (non-hydrogen) atoms. The number of carbonyl (C=O) groups is 1. The smallest absolute Gasteiger partial charge is 0.250 e. The van der Waals surface area contributed by atoms with E-state index >= 15 is 0 Å². The highest BCUT2D eigenvalue weighted by Gasteiger charge is 2.45. The maximum Gasteiger partial charge on any atom is 0.250 e. The Balaban J connectivity index is 0.00000176. The van der Waals surface area contributed by atoms with Crippen molar-refractivity contribution < 1.29 is 4.79 Å². The number of likely N-dealkylation sites (tertiary alicyclic amines) is 1. The molecule has 0 saturated carbocycles. The SMILES string of the molecule is CC1(C)CCCN(C(=O)C2(n3cccn3)CCNCC2)C1.Cl. The van der Waals surface area contributed by atoms with Crippen molar-refractivity contribution in [2.24, 2.45) is 5.41 Å². The molecule has 1 aromatic rings. The van der Waals surface area contributed by atoms with Crippen molar-refractivity contribution in [1.82, 2.24) is 20.0 Å². The molecule has 5 nitrogen and oxygen atoms in total. The predicted molar refractivity (Wildman–Crippen MR) is 89.1 cm³/mol. The number of piperidine rings is 2. The van der Waals surface area contributed by atoms with Crippen LogP contribution in [0.4, 0.5) is 0 Å². The normalized spacial score (nSPS) is 23.6. The van der Waals surface area contributed by atoms with Gasteiger partial charge in [-0.2, -0.15) is 5.10 Å². The third-order valence-electron chi connectivity index (χ3n) is 4.96. The molecule has 2 fully saturated rings. The van der Waals surface area contributed by atoms with E-state index in [1.807, 2.05) is 16.9 Å². The van der Waals surface area contributed by atoms with E-state index in [0.717, 1.165) is 45.4 Å². The summed E-state index contributed by atoms with van der Waals surface area (Å²) in [5.41, 5.74) is -0.256. The zero-order valence-corrected chi connectivity index (χ0v) is 14.4. The van der Waals surface area contributed by atoms with E-state index < -0.39 is 5.54 Å². The summed E-state index contributed by atoms with van der Waals surface area (Å²) in [6.07, 6.45) is 7.67. The number of nitrogens with one attached hydrogen (secondary N) is 1. The Kier molecular flexibility index (Phi) is 5.17. The Morgan fingerprint density at radius 1 is 1.23 bits per heavy atom. The summed E-state index contributed by atoms with van der Waals surface area (Å²) in [5.74, 6) is 0.264. The number of hydrogen-bond acceptors (Lipinski definition) is 3. The number of hydrogen-bond donors (Lipinski definition) is 1. The van der Waals surface area contributed by atoms with Gasteiger partial charge in [0.25, 0.3) is 5.91 Å². The topological polar surface area (TPSA) is 50.2 Å². The summed E-state index contributed by atoms with van der Waals surface area (Å²) in [4.78, 5) is 15.4. The van der Waals surface area contributed by atoms with Crippen LogP contribution in [-0.4, -0.2) is 46.8 Å². The minimum absolute atomic E-state index is 0. The summed E-state index contributed by atoms with van der Waals surface area (Å²) >= 11 is 0. The molecule has 0 spiro atoms. The second-order valence-electron chi connectivity index (χ2n) is 7.23. The van der Waals surface area contributed by atoms with Crippen molar-refractivity contribution in [2.45, 2.75) is 45.1 Å². The second kappa shape index (κ2) is 6.59. The van der Waals surface area contributed by atoms with Crippen molar-refractivity contribution in [2.75, 3.05) is 26.2 Å². The molecule has 2 saturated heterocycles. The molecule has 2 aliphatic rings. The Labute approximate surface area is 138 Å². The highest BCUT2D eigenvalue weighted by atomic mass is 35.5. The molecule has 0 aromatic carbocycles. The summed E-state index contributed by atoms with van der Waals surface area (Å²) in [6.45, 7) is 8.03. The van der Waals surface area contributed by atoms with Gasteiger partial charge in [0.05, 0.1) is 0 Å². The van der Waals surface area contributed by atoms with Gasteiger partial charge in [0.15, 0.2) is 0 Å². The predicted octanol–water partition coefficient (Wildman–Crippen LogP) is 2.03. The lowest BCUT2D eigenvalue weighted by Gasteiger charge is -2.44. The minimum atomic E-state index is -0.484. The molecule has 0 radical (unpaired) electrons. The van der Waals surface area contributed by atoms with Crippen LogP contribution in [0.25, 0.3) is 0 Å². The van der Waals surface area contributed by atoms with Crippen LogP contribution in [0.2, 0.25) is 0 Å². The van der Waals surface area contributed by atoms with Crippen molar-refractivity contribution in [3.8, 4) is 0 Å². The molecule has 1 N–H and O–H groups in total. The van der Waals surface area contributed by atoms with Gasteiger partial charge in [0, 0.05) is 25.5 Å². The molecule has 0 bridgehead atoms. The fourth-order valence-electron chi connectivity index (χ4n) is 3.79. The van der Waals surface area contributed by atoms with Crippen LogP contribution < -0.4 is 5.32 Å². The fourth-order valence-corrected chi connectivity index (χ4v) is 3.79. The quantitative estimate of drug-likeness (QED) is 0.904. The van der Waals surface area contributed by atoms with Crippen LogP contribution in [0.5, 0.6) is 0 Å². The number of halogens is 1. The van der Waals surface area contributed by atoms with Crippen molar-refractivity contribution in [3.05, 3.63) is 18.5 Å². The molecule has 0 unspecified atom stereocenters. The van der Waals surface area contributed by atoms with Gasteiger partial charge in [0.1, 0.15) is 5.54 Å². The molecule has 0 atom stereocenters. The summed E-state index contributed by atoms with van der Waals surface area (Å²) in [7, 11) is 0. The molecule has 3 rings (SSSR count). The number of nitrogens with zero attached hydrogens (tertiary/aromatic N) is 3. The van der Waals surface area contributed by atoms with E-state index in [0.29, 0.717) is 0 Å². The van der Waals surface area contributed by atoms with Gasteiger partial charge in [-0.3, -0.25) is 9.48 Å². The molecule has 124 valence electrons. The van der Waals surface area contributed by atoms with E-state index in [1.165, 1.54) is 6.42 Å². The van der Waals surface area contributed by atoms with Gasteiger partial charge in [-0.15, -0.1) is 12.4 Å². The van der Waals surface area contributed by atoms with Crippen molar-refractivity contribution >= 4 is 18.3 Å². The first-order valence-electron chi connectivity index (χ1n) is 8.04. The van der Waals surface area contributed by atoms with Gasteiger partial charge in [-0.05, 0) is 50.3 Å². The Morgan fingerprint density at radius 2 is 1.95 bits per heavy atom. The molecule has 1 amide bonds. The largest absolute Gasteiger partial charge is 0.340 e. The lowest BCUT2D eigenvalue weighted by atomic mass is 9.81. The lowest BCUT2D eigenvalue weighted by molar-refractivity contribution is -0.146. The summed E-state index contributed by atoms with van der Waals surface area (Å²) in [6, 6.07) is 1.91. The molecule has 1 aromatic heterocycles. The number of rotatable bonds is 2. The zero-order chi connectivity index (χ0) is 14.9. The first kappa shape index (κ1) is 17.3. The second-order valence-corrected chi connectivity index (χ2v) is 7.23. The molecule has 6 heteroatoms. The van der Waals surface area contributed by atoms with E-state index in [4.69, 9.17) is 0 Å². The Bertz CT molecular complexity index is 494. The average molecular weight is 327 g/mol. The number of carbonyl (C=O) groups excluding carboxylic acids is 1. The zero-order valence-electron chi connectivity index (χ0n) is 13.5. The first-order chi connectivity index (χ1) is 10.0. The molecule has 2 aliphatic heterocycles. The van der Waals surface area contributed by atoms with Crippen LogP contribution in [0.3, 0.4) is 0 Å². The van der Waals surface area contributed by atoms with Crippen molar-refractivity contribution in [1.29, 1.82) is 0 Å². The highest BCUT2D eigenvalue weighted by Crippen LogP contribution is 2.34. The van der Waals surface area contributed by atoms with Crippen molar-refractivity contribution in [3.63, 3.8) is 0 Å². The standard InChI is InChI=1S/C16H26N4O.ClH/c1-15(2)5-3-11-19(13-15)14(21)16(6-9-17-10-7-16)20-12-4-8-18-20;/h4,8,12,17H,3,5-7,9-11,13H2,1-2H3;1H. The average Bonchev–Trinajstić information content (AvgIpc) is 3.01. The summed E-state index contributed by atoms with van der Waals surface area (Å²) in [5, 5.41) is 7.77. The van der Waals surface area contributed by atoms with Crippen LogP contribution in [0.1, 0.15) is 39.5 Å². The highest BCUT2D eigenvalue weighted by molar-refractivity contribution is 5.85. The summed E-state index contributed by atoms with van der Waals surface area (Å²) < 4.78 is 1.90. The van der Waals surface area contributed by atoms with Gasteiger partial charge in [0.2, 0.25) is 0 Å².